The average molecular weight is 195 g/mol. The van der Waals surface area contributed by atoms with Crippen molar-refractivity contribution in [3.63, 3.8) is 0 Å². The molecule has 0 saturated heterocycles. The Labute approximate surface area is 84.0 Å². The highest BCUT2D eigenvalue weighted by Gasteiger charge is 2.29. The van der Waals surface area contributed by atoms with E-state index in [1.807, 2.05) is 25.6 Å². The van der Waals surface area contributed by atoms with Gasteiger partial charge in [-0.2, -0.15) is 5.10 Å². The summed E-state index contributed by atoms with van der Waals surface area (Å²) < 4.78 is 7.69. The summed E-state index contributed by atoms with van der Waals surface area (Å²) in [7, 11) is 1.93. The van der Waals surface area contributed by atoms with Crippen LogP contribution in [0, 0.1) is 13.8 Å². The third-order valence-electron chi connectivity index (χ3n) is 2.86. The molecule has 1 saturated carbocycles. The van der Waals surface area contributed by atoms with Crippen LogP contribution in [0.15, 0.2) is 0 Å². The second-order valence-electron chi connectivity index (χ2n) is 4.09. The van der Waals surface area contributed by atoms with E-state index >= 15 is 0 Å². The summed E-state index contributed by atoms with van der Waals surface area (Å²) >= 11 is 0. The molecular formula is C10H17N3O. The molecule has 1 aliphatic carbocycles. The zero-order valence-corrected chi connectivity index (χ0v) is 8.95. The number of aromatic nitrogens is 2. The number of rotatable bonds is 2. The smallest absolute Gasteiger partial charge is 0.163 e. The third kappa shape index (κ3) is 1.50. The van der Waals surface area contributed by atoms with Gasteiger partial charge < -0.3 is 10.5 Å². The molecule has 14 heavy (non-hydrogen) atoms. The molecule has 1 heterocycles. The van der Waals surface area contributed by atoms with Gasteiger partial charge in [-0.15, -0.1) is 0 Å². The highest BCUT2D eigenvalue weighted by molar-refractivity contribution is 5.32. The Morgan fingerprint density at radius 1 is 1.43 bits per heavy atom. The zero-order chi connectivity index (χ0) is 10.3. The van der Waals surface area contributed by atoms with E-state index < -0.39 is 0 Å². The van der Waals surface area contributed by atoms with Crippen molar-refractivity contribution in [2.75, 3.05) is 0 Å². The summed E-state index contributed by atoms with van der Waals surface area (Å²) in [4.78, 5) is 0. The van der Waals surface area contributed by atoms with Gasteiger partial charge in [-0.1, -0.05) is 0 Å². The number of ether oxygens (including phenoxy) is 1. The van der Waals surface area contributed by atoms with Gasteiger partial charge >= 0.3 is 0 Å². The molecule has 0 atom stereocenters. The quantitative estimate of drug-likeness (QED) is 0.763. The maximum atomic E-state index is 5.84. The van der Waals surface area contributed by atoms with Crippen LogP contribution in [0.25, 0.3) is 0 Å². The second kappa shape index (κ2) is 3.28. The van der Waals surface area contributed by atoms with Crippen LogP contribution >= 0.6 is 0 Å². The van der Waals surface area contributed by atoms with Gasteiger partial charge in [-0.25, -0.2) is 0 Å². The molecule has 1 aromatic rings. The minimum Gasteiger partial charge on any atom is -0.486 e. The molecule has 0 spiro atoms. The highest BCUT2D eigenvalue weighted by Crippen LogP contribution is 2.28. The molecule has 0 radical (unpaired) electrons. The van der Waals surface area contributed by atoms with Crippen molar-refractivity contribution < 1.29 is 4.74 Å². The number of hydrogen-bond acceptors (Lipinski definition) is 3. The van der Waals surface area contributed by atoms with Crippen LogP contribution in [0.1, 0.15) is 24.2 Å². The molecule has 2 rings (SSSR count). The zero-order valence-electron chi connectivity index (χ0n) is 8.95. The maximum absolute atomic E-state index is 5.84. The summed E-state index contributed by atoms with van der Waals surface area (Å²) in [6.45, 7) is 3.99. The fourth-order valence-electron chi connectivity index (χ4n) is 1.79. The fourth-order valence-corrected chi connectivity index (χ4v) is 1.79. The predicted molar refractivity (Wildman–Crippen MR) is 54.3 cm³/mol. The number of hydrogen-bond donors (Lipinski definition) is 1. The van der Waals surface area contributed by atoms with Crippen LogP contribution in [0.5, 0.6) is 5.75 Å². The molecule has 1 aromatic heterocycles. The lowest BCUT2D eigenvalue weighted by atomic mass is 9.90. The molecule has 4 nitrogen and oxygen atoms in total. The molecule has 0 aromatic carbocycles. The van der Waals surface area contributed by atoms with Crippen molar-refractivity contribution in [3.05, 3.63) is 11.4 Å². The molecule has 1 fully saturated rings. The number of nitrogens with two attached hydrogens (primary N) is 1. The first kappa shape index (κ1) is 9.52. The van der Waals surface area contributed by atoms with E-state index in [-0.39, 0.29) is 0 Å². The van der Waals surface area contributed by atoms with Crippen LogP contribution in [-0.2, 0) is 7.05 Å². The molecule has 0 bridgehead atoms. The van der Waals surface area contributed by atoms with E-state index in [2.05, 4.69) is 5.10 Å². The topological polar surface area (TPSA) is 53.1 Å². The van der Waals surface area contributed by atoms with E-state index in [0.717, 1.165) is 30.0 Å². The van der Waals surface area contributed by atoms with E-state index in [1.54, 1.807) is 0 Å². The second-order valence-corrected chi connectivity index (χ2v) is 4.09. The monoisotopic (exact) mass is 195 g/mol. The van der Waals surface area contributed by atoms with Crippen molar-refractivity contribution >= 4 is 0 Å². The maximum Gasteiger partial charge on any atom is 0.163 e. The largest absolute Gasteiger partial charge is 0.486 e. The number of nitrogens with zero attached hydrogens (tertiary/aromatic N) is 2. The van der Waals surface area contributed by atoms with Crippen LogP contribution in [0.2, 0.25) is 0 Å². The summed E-state index contributed by atoms with van der Waals surface area (Å²) in [5, 5.41) is 4.30. The SMILES string of the molecule is Cc1nn(C)c(C)c1OC1CC(N)C1. The van der Waals surface area contributed by atoms with Gasteiger partial charge in [-0.3, -0.25) is 4.68 Å². The standard InChI is InChI=1S/C10H17N3O/c1-6-10(7(2)13(3)12-6)14-9-4-8(11)5-9/h8-9H,4-5,11H2,1-3H3. The van der Waals surface area contributed by atoms with E-state index in [9.17, 15) is 0 Å². The van der Waals surface area contributed by atoms with Gasteiger partial charge in [0.15, 0.2) is 5.75 Å². The Morgan fingerprint density at radius 2 is 2.07 bits per heavy atom. The van der Waals surface area contributed by atoms with E-state index in [4.69, 9.17) is 10.5 Å². The Balaban J connectivity index is 2.09. The molecule has 0 aliphatic heterocycles. The van der Waals surface area contributed by atoms with Crippen molar-refractivity contribution in [3.8, 4) is 5.75 Å². The van der Waals surface area contributed by atoms with E-state index in [0.29, 0.717) is 12.1 Å². The van der Waals surface area contributed by atoms with Crippen LogP contribution in [0.3, 0.4) is 0 Å². The molecule has 1 aliphatic rings. The first-order valence-electron chi connectivity index (χ1n) is 5.00. The minimum atomic E-state index is 0.298. The summed E-state index contributed by atoms with van der Waals surface area (Å²) in [5.41, 5.74) is 7.75. The van der Waals surface area contributed by atoms with E-state index in [1.165, 1.54) is 0 Å². The molecule has 4 heteroatoms. The molecule has 0 unspecified atom stereocenters. The Bertz CT molecular complexity index is 339. The summed E-state index contributed by atoms with van der Waals surface area (Å²) in [5.74, 6) is 0.935. The normalized spacial score (nSPS) is 26.0. The molecular weight excluding hydrogens is 178 g/mol. The van der Waals surface area contributed by atoms with Crippen molar-refractivity contribution in [1.82, 2.24) is 9.78 Å². The van der Waals surface area contributed by atoms with Gasteiger partial charge in [0.2, 0.25) is 0 Å². The van der Waals surface area contributed by atoms with Crippen LogP contribution < -0.4 is 10.5 Å². The van der Waals surface area contributed by atoms with Crippen LogP contribution in [0.4, 0.5) is 0 Å². The van der Waals surface area contributed by atoms with Gasteiger partial charge in [0.1, 0.15) is 11.8 Å². The van der Waals surface area contributed by atoms with Crippen molar-refractivity contribution in [2.45, 2.75) is 38.8 Å². The summed E-state index contributed by atoms with van der Waals surface area (Å²) in [6.07, 6.45) is 2.23. The lowest BCUT2D eigenvalue weighted by Gasteiger charge is -2.32. The first-order chi connectivity index (χ1) is 6.58. The van der Waals surface area contributed by atoms with Gasteiger partial charge in [0, 0.05) is 13.1 Å². The van der Waals surface area contributed by atoms with Crippen molar-refractivity contribution in [2.24, 2.45) is 12.8 Å². The molecule has 78 valence electrons. The van der Waals surface area contributed by atoms with Gasteiger partial charge in [0.25, 0.3) is 0 Å². The number of aryl methyl sites for hydroxylation is 2. The van der Waals surface area contributed by atoms with Crippen molar-refractivity contribution in [1.29, 1.82) is 0 Å². The Hall–Kier alpha value is -1.03. The highest BCUT2D eigenvalue weighted by atomic mass is 16.5. The third-order valence-corrected chi connectivity index (χ3v) is 2.86. The molecule has 0 amide bonds. The lowest BCUT2D eigenvalue weighted by Crippen LogP contribution is -2.43. The van der Waals surface area contributed by atoms with Gasteiger partial charge in [0.05, 0.1) is 5.69 Å². The Kier molecular flexibility index (Phi) is 2.23. The summed E-state index contributed by atoms with van der Waals surface area (Å²) in [6, 6.07) is 0.331. The minimum absolute atomic E-state index is 0.298. The first-order valence-corrected chi connectivity index (χ1v) is 5.00. The van der Waals surface area contributed by atoms with Gasteiger partial charge in [-0.05, 0) is 26.7 Å². The Morgan fingerprint density at radius 3 is 2.50 bits per heavy atom. The predicted octanol–water partition coefficient (Wildman–Crippen LogP) is 0.905. The van der Waals surface area contributed by atoms with Crippen LogP contribution in [-0.4, -0.2) is 21.9 Å². The average Bonchev–Trinajstić information content (AvgIpc) is 2.29. The lowest BCUT2D eigenvalue weighted by molar-refractivity contribution is 0.0992. The fraction of sp³-hybridized carbons (Fsp3) is 0.700. The molecule has 2 N–H and O–H groups in total.